The largest absolute Gasteiger partial charge is 0.369 e. The van der Waals surface area contributed by atoms with E-state index in [0.29, 0.717) is 12.5 Å². The van der Waals surface area contributed by atoms with Crippen molar-refractivity contribution in [2.45, 2.75) is 19.9 Å². The van der Waals surface area contributed by atoms with Crippen LogP contribution in [0.25, 0.3) is 11.0 Å². The molecule has 0 amide bonds. The lowest BCUT2D eigenvalue weighted by Crippen LogP contribution is -2.05. The van der Waals surface area contributed by atoms with E-state index in [1.54, 1.807) is 12.4 Å². The summed E-state index contributed by atoms with van der Waals surface area (Å²) in [5.74, 6) is 0.508. The van der Waals surface area contributed by atoms with E-state index in [9.17, 15) is 0 Å². The first-order chi connectivity index (χ1) is 9.19. The second-order valence-electron chi connectivity index (χ2n) is 4.55. The van der Waals surface area contributed by atoms with Crippen molar-refractivity contribution in [1.82, 2.24) is 24.3 Å². The predicted molar refractivity (Wildman–Crippen MR) is 73.6 cm³/mol. The molecule has 0 saturated carbocycles. The molecule has 0 aliphatic carbocycles. The van der Waals surface area contributed by atoms with Crippen LogP contribution in [0.15, 0.2) is 24.7 Å². The van der Waals surface area contributed by atoms with E-state index >= 15 is 0 Å². The zero-order valence-electron chi connectivity index (χ0n) is 11.0. The van der Waals surface area contributed by atoms with Crippen molar-refractivity contribution >= 4 is 17.0 Å². The molecule has 3 aromatic heterocycles. The summed E-state index contributed by atoms with van der Waals surface area (Å²) in [5, 5.41) is 4.45. The van der Waals surface area contributed by atoms with Crippen LogP contribution in [-0.2, 0) is 20.0 Å². The third-order valence-electron chi connectivity index (χ3n) is 3.24. The molecule has 0 spiro atoms. The van der Waals surface area contributed by atoms with Crippen LogP contribution in [0, 0.1) is 0 Å². The van der Waals surface area contributed by atoms with Crippen LogP contribution >= 0.6 is 0 Å². The minimum absolute atomic E-state index is 0.508. The number of pyridine rings is 1. The van der Waals surface area contributed by atoms with E-state index < -0.39 is 0 Å². The molecule has 0 fully saturated rings. The summed E-state index contributed by atoms with van der Waals surface area (Å²) >= 11 is 0. The molecule has 3 heterocycles. The van der Waals surface area contributed by atoms with Crippen molar-refractivity contribution < 1.29 is 0 Å². The van der Waals surface area contributed by atoms with Gasteiger partial charge in [-0.2, -0.15) is 5.10 Å². The van der Waals surface area contributed by atoms with E-state index in [2.05, 4.69) is 22.0 Å². The number of fused-ring (bicyclic) bond motifs is 1. The minimum Gasteiger partial charge on any atom is -0.369 e. The molecule has 0 aliphatic rings. The van der Waals surface area contributed by atoms with Crippen LogP contribution in [0.5, 0.6) is 0 Å². The molecular formula is C13H16N6. The van der Waals surface area contributed by atoms with Crippen molar-refractivity contribution in [3.63, 3.8) is 0 Å². The van der Waals surface area contributed by atoms with Gasteiger partial charge in [-0.05, 0) is 12.5 Å². The maximum absolute atomic E-state index is 6.00. The molecule has 19 heavy (non-hydrogen) atoms. The average Bonchev–Trinajstić information content (AvgIpc) is 2.91. The lowest BCUT2D eigenvalue weighted by molar-refractivity contribution is 0.746. The number of imidazole rings is 1. The van der Waals surface area contributed by atoms with Gasteiger partial charge in [0.25, 0.3) is 0 Å². The average molecular weight is 256 g/mol. The zero-order valence-corrected chi connectivity index (χ0v) is 11.0. The Morgan fingerprint density at radius 1 is 1.37 bits per heavy atom. The number of hydrogen-bond donors (Lipinski definition) is 1. The molecule has 0 aliphatic heterocycles. The van der Waals surface area contributed by atoms with Crippen molar-refractivity contribution in [1.29, 1.82) is 0 Å². The third-order valence-corrected chi connectivity index (χ3v) is 3.24. The summed E-state index contributed by atoms with van der Waals surface area (Å²) in [6.45, 7) is 2.79. The second kappa shape index (κ2) is 4.38. The van der Waals surface area contributed by atoms with E-state index in [1.807, 2.05) is 28.6 Å². The van der Waals surface area contributed by atoms with Crippen molar-refractivity contribution in [3.8, 4) is 0 Å². The van der Waals surface area contributed by atoms with Gasteiger partial charge < -0.3 is 10.3 Å². The number of nitrogens with two attached hydrogens (primary N) is 1. The molecule has 6 heteroatoms. The highest BCUT2D eigenvalue weighted by atomic mass is 15.3. The molecule has 0 atom stereocenters. The van der Waals surface area contributed by atoms with Gasteiger partial charge in [-0.15, -0.1) is 0 Å². The highest BCUT2D eigenvalue weighted by molar-refractivity contribution is 5.77. The summed E-state index contributed by atoms with van der Waals surface area (Å²) in [6, 6.07) is 1.93. The number of aromatic nitrogens is 5. The van der Waals surface area contributed by atoms with Gasteiger partial charge in [-0.25, -0.2) is 4.98 Å². The molecule has 0 saturated heterocycles. The zero-order chi connectivity index (χ0) is 13.4. The quantitative estimate of drug-likeness (QED) is 0.767. The normalized spacial score (nSPS) is 11.3. The molecule has 3 rings (SSSR count). The molecule has 2 N–H and O–H groups in total. The number of hydrogen-bond acceptors (Lipinski definition) is 4. The van der Waals surface area contributed by atoms with Crippen LogP contribution < -0.4 is 5.73 Å². The lowest BCUT2D eigenvalue weighted by Gasteiger charge is -2.05. The summed E-state index contributed by atoms with van der Waals surface area (Å²) in [4.78, 5) is 8.39. The van der Waals surface area contributed by atoms with E-state index in [0.717, 1.165) is 23.1 Å². The Morgan fingerprint density at radius 3 is 3.00 bits per heavy atom. The number of aryl methyl sites for hydroxylation is 2. The Hall–Kier alpha value is -2.37. The van der Waals surface area contributed by atoms with Gasteiger partial charge in [0.2, 0.25) is 5.95 Å². The van der Waals surface area contributed by atoms with Crippen LogP contribution in [0.3, 0.4) is 0 Å². The highest BCUT2D eigenvalue weighted by Gasteiger charge is 2.12. The van der Waals surface area contributed by atoms with Gasteiger partial charge in [0.05, 0.1) is 24.0 Å². The fourth-order valence-electron chi connectivity index (χ4n) is 2.35. The number of anilines is 1. The fourth-order valence-corrected chi connectivity index (χ4v) is 2.35. The number of rotatable bonds is 3. The Bertz CT molecular complexity index is 724. The van der Waals surface area contributed by atoms with E-state index in [1.165, 1.54) is 5.56 Å². The Morgan fingerprint density at radius 2 is 2.21 bits per heavy atom. The van der Waals surface area contributed by atoms with Crippen molar-refractivity contribution in [2.75, 3.05) is 5.73 Å². The van der Waals surface area contributed by atoms with Gasteiger partial charge in [-0.1, -0.05) is 6.92 Å². The first kappa shape index (κ1) is 11.7. The minimum atomic E-state index is 0.508. The maximum Gasteiger partial charge on any atom is 0.201 e. The van der Waals surface area contributed by atoms with Crippen LogP contribution in [0.4, 0.5) is 5.95 Å². The Balaban J connectivity index is 2.07. The third kappa shape index (κ3) is 1.95. The van der Waals surface area contributed by atoms with Gasteiger partial charge in [0, 0.05) is 25.0 Å². The number of nitrogens with zero attached hydrogens (tertiary/aromatic N) is 5. The Kier molecular flexibility index (Phi) is 2.70. The van der Waals surface area contributed by atoms with Gasteiger partial charge in [0.1, 0.15) is 5.52 Å². The lowest BCUT2D eigenvalue weighted by atomic mass is 10.2. The standard InChI is InChI=1S/C13H16N6/c1-3-10-9(7-18(2)17-10)8-19-12-4-5-15-6-11(12)16-13(19)14/h4-7H,3,8H2,1-2H3,(H2,14,16). The first-order valence-corrected chi connectivity index (χ1v) is 6.26. The van der Waals surface area contributed by atoms with Crippen molar-refractivity contribution in [2.24, 2.45) is 7.05 Å². The second-order valence-corrected chi connectivity index (χ2v) is 4.55. The molecule has 6 nitrogen and oxygen atoms in total. The van der Waals surface area contributed by atoms with Gasteiger partial charge in [-0.3, -0.25) is 9.67 Å². The molecule has 0 unspecified atom stereocenters. The van der Waals surface area contributed by atoms with Crippen LogP contribution in [0.2, 0.25) is 0 Å². The molecule has 0 aromatic carbocycles. The van der Waals surface area contributed by atoms with E-state index in [-0.39, 0.29) is 0 Å². The highest BCUT2D eigenvalue weighted by Crippen LogP contribution is 2.19. The molecule has 0 radical (unpaired) electrons. The molecule has 0 bridgehead atoms. The smallest absolute Gasteiger partial charge is 0.201 e. The van der Waals surface area contributed by atoms with Gasteiger partial charge in [0.15, 0.2) is 0 Å². The van der Waals surface area contributed by atoms with Crippen molar-refractivity contribution in [3.05, 3.63) is 35.9 Å². The maximum atomic E-state index is 6.00. The summed E-state index contributed by atoms with van der Waals surface area (Å²) in [7, 11) is 1.93. The topological polar surface area (TPSA) is 74.5 Å². The first-order valence-electron chi connectivity index (χ1n) is 6.26. The fraction of sp³-hybridized carbons (Fsp3) is 0.308. The molecule has 98 valence electrons. The monoisotopic (exact) mass is 256 g/mol. The molecular weight excluding hydrogens is 240 g/mol. The summed E-state index contributed by atoms with van der Waals surface area (Å²) in [5.41, 5.74) is 10.1. The molecule has 3 aromatic rings. The SMILES string of the molecule is CCc1nn(C)cc1Cn1c(N)nc2cnccc21. The Labute approximate surface area is 110 Å². The van der Waals surface area contributed by atoms with E-state index in [4.69, 9.17) is 5.73 Å². The predicted octanol–water partition coefficient (Wildman–Crippen LogP) is 1.36. The van der Waals surface area contributed by atoms with Gasteiger partial charge >= 0.3 is 0 Å². The summed E-state index contributed by atoms with van der Waals surface area (Å²) < 4.78 is 3.83. The van der Waals surface area contributed by atoms with Crippen LogP contribution in [0.1, 0.15) is 18.2 Å². The number of nitrogen functional groups attached to an aromatic ring is 1. The van der Waals surface area contributed by atoms with Crippen LogP contribution in [-0.4, -0.2) is 24.3 Å². The summed E-state index contributed by atoms with van der Waals surface area (Å²) in [6.07, 6.45) is 6.42.